The van der Waals surface area contributed by atoms with Crippen LogP contribution in [-0.2, 0) is 0 Å². The maximum absolute atomic E-state index is 5.88. The van der Waals surface area contributed by atoms with Gasteiger partial charge in [0.15, 0.2) is 5.96 Å². The fourth-order valence-corrected chi connectivity index (χ4v) is 3.58. The molecule has 136 valence electrons. The maximum atomic E-state index is 5.88. The minimum absolute atomic E-state index is 0. The predicted octanol–water partition coefficient (Wildman–Crippen LogP) is 3.91. The topological polar surface area (TPSA) is 45.7 Å². The van der Waals surface area contributed by atoms with E-state index in [0.717, 1.165) is 23.5 Å². The van der Waals surface area contributed by atoms with Crippen molar-refractivity contribution in [2.75, 3.05) is 19.3 Å². The molecule has 2 N–H and O–H groups in total. The molecule has 0 heterocycles. The zero-order valence-corrected chi connectivity index (χ0v) is 18.0. The third kappa shape index (κ3) is 7.51. The Morgan fingerprint density at radius 3 is 2.71 bits per heavy atom. The number of nitrogens with zero attached hydrogens (tertiary/aromatic N) is 1. The summed E-state index contributed by atoms with van der Waals surface area (Å²) < 4.78 is 5.88. The second-order valence-corrected chi connectivity index (χ2v) is 7.11. The molecule has 1 aliphatic carbocycles. The Labute approximate surface area is 167 Å². The molecular formula is C18H30IN3OS. The first-order valence-corrected chi connectivity index (χ1v) is 9.79. The third-order valence-corrected chi connectivity index (χ3v) is 5.08. The molecule has 0 radical (unpaired) electrons. The Morgan fingerprint density at radius 1 is 1.33 bits per heavy atom. The summed E-state index contributed by atoms with van der Waals surface area (Å²) in [6.07, 6.45) is 6.00. The molecule has 0 spiro atoms. The van der Waals surface area contributed by atoms with Crippen molar-refractivity contribution < 1.29 is 4.74 Å². The van der Waals surface area contributed by atoms with Gasteiger partial charge in [0.2, 0.25) is 0 Å². The summed E-state index contributed by atoms with van der Waals surface area (Å²) in [5, 5.41) is 7.70. The van der Waals surface area contributed by atoms with Gasteiger partial charge in [0.25, 0.3) is 0 Å². The average Bonchev–Trinajstić information content (AvgIpc) is 3.01. The number of nitrogens with one attached hydrogen (secondary N) is 2. The number of ether oxygens (including phenoxy) is 1. The molecule has 1 saturated carbocycles. The van der Waals surface area contributed by atoms with Crippen molar-refractivity contribution in [3.63, 3.8) is 0 Å². The van der Waals surface area contributed by atoms with Crippen LogP contribution in [-0.4, -0.2) is 42.7 Å². The number of rotatable bonds is 7. The van der Waals surface area contributed by atoms with Gasteiger partial charge in [-0.2, -0.15) is 11.8 Å². The first-order valence-electron chi connectivity index (χ1n) is 8.50. The lowest BCUT2D eigenvalue weighted by atomic mass is 10.2. The van der Waals surface area contributed by atoms with E-state index in [1.807, 2.05) is 42.1 Å². The largest absolute Gasteiger partial charge is 0.489 e. The second-order valence-electron chi connectivity index (χ2n) is 5.97. The fourth-order valence-electron chi connectivity index (χ4n) is 2.79. The van der Waals surface area contributed by atoms with Gasteiger partial charge in [-0.15, -0.1) is 24.0 Å². The number of thioether (sulfide) groups is 1. The molecule has 1 fully saturated rings. The summed E-state index contributed by atoms with van der Waals surface area (Å²) in [6, 6.07) is 10.5. The highest BCUT2D eigenvalue weighted by Gasteiger charge is 2.24. The van der Waals surface area contributed by atoms with E-state index in [0.29, 0.717) is 12.6 Å². The number of hydrogen-bond acceptors (Lipinski definition) is 3. The summed E-state index contributed by atoms with van der Waals surface area (Å²) in [7, 11) is 0. The third-order valence-electron chi connectivity index (χ3n) is 3.99. The number of guanidine groups is 1. The van der Waals surface area contributed by atoms with Gasteiger partial charge < -0.3 is 15.4 Å². The van der Waals surface area contributed by atoms with Gasteiger partial charge in [-0.1, -0.05) is 18.2 Å². The number of aliphatic imine (C=N–C) groups is 1. The SMILES string of the molecule is CCNC(=NCC(C)Oc1ccccc1)NC1CCC(SC)C1.I. The summed E-state index contributed by atoms with van der Waals surface area (Å²) >= 11 is 1.98. The molecule has 0 aliphatic heterocycles. The van der Waals surface area contributed by atoms with Gasteiger partial charge in [0.1, 0.15) is 11.9 Å². The van der Waals surface area contributed by atoms with Crippen LogP contribution in [0.5, 0.6) is 5.75 Å². The zero-order valence-electron chi connectivity index (χ0n) is 14.8. The predicted molar refractivity (Wildman–Crippen MR) is 116 cm³/mol. The van der Waals surface area contributed by atoms with Gasteiger partial charge in [-0.3, -0.25) is 0 Å². The number of benzene rings is 1. The molecule has 0 aromatic heterocycles. The molecule has 2 rings (SSSR count). The number of para-hydroxylation sites is 1. The molecule has 4 nitrogen and oxygen atoms in total. The summed E-state index contributed by atoms with van der Waals surface area (Å²) in [4.78, 5) is 4.69. The van der Waals surface area contributed by atoms with Crippen LogP contribution in [0.1, 0.15) is 33.1 Å². The smallest absolute Gasteiger partial charge is 0.191 e. The Bertz CT molecular complexity index is 486. The van der Waals surface area contributed by atoms with Crippen molar-refractivity contribution in [2.24, 2.45) is 4.99 Å². The van der Waals surface area contributed by atoms with Crippen molar-refractivity contribution in [3.05, 3.63) is 30.3 Å². The second kappa shape index (κ2) is 11.8. The van der Waals surface area contributed by atoms with E-state index in [1.165, 1.54) is 19.3 Å². The highest BCUT2D eigenvalue weighted by Crippen LogP contribution is 2.28. The highest BCUT2D eigenvalue weighted by atomic mass is 127. The lowest BCUT2D eigenvalue weighted by molar-refractivity contribution is 0.230. The van der Waals surface area contributed by atoms with Gasteiger partial charge in [-0.05, 0) is 51.5 Å². The van der Waals surface area contributed by atoms with Gasteiger partial charge in [0.05, 0.1) is 6.54 Å². The van der Waals surface area contributed by atoms with E-state index >= 15 is 0 Å². The monoisotopic (exact) mass is 463 g/mol. The molecule has 0 saturated heterocycles. The van der Waals surface area contributed by atoms with Crippen LogP contribution in [0, 0.1) is 0 Å². The van der Waals surface area contributed by atoms with Crippen molar-refractivity contribution in [1.82, 2.24) is 10.6 Å². The highest BCUT2D eigenvalue weighted by molar-refractivity contribution is 14.0. The Hall–Kier alpha value is -0.630. The van der Waals surface area contributed by atoms with E-state index in [-0.39, 0.29) is 30.1 Å². The van der Waals surface area contributed by atoms with Crippen LogP contribution < -0.4 is 15.4 Å². The molecule has 1 aromatic carbocycles. The standard InChI is InChI=1S/C18H29N3OS.HI/c1-4-19-18(21-15-10-11-17(12-15)23-3)20-13-14(2)22-16-8-6-5-7-9-16;/h5-9,14-15,17H,4,10-13H2,1-3H3,(H2,19,20,21);1H. The van der Waals surface area contributed by atoms with Crippen molar-refractivity contribution in [3.8, 4) is 5.75 Å². The van der Waals surface area contributed by atoms with Crippen molar-refractivity contribution >= 4 is 41.7 Å². The molecule has 1 aromatic rings. The van der Waals surface area contributed by atoms with Crippen molar-refractivity contribution in [1.29, 1.82) is 0 Å². The van der Waals surface area contributed by atoms with Gasteiger partial charge >= 0.3 is 0 Å². The Kier molecular flexibility index (Phi) is 10.6. The van der Waals surface area contributed by atoms with E-state index in [2.05, 4.69) is 35.7 Å². The molecule has 24 heavy (non-hydrogen) atoms. The first kappa shape index (κ1) is 21.4. The van der Waals surface area contributed by atoms with Crippen LogP contribution in [0.15, 0.2) is 35.3 Å². The van der Waals surface area contributed by atoms with E-state index in [9.17, 15) is 0 Å². The average molecular weight is 463 g/mol. The minimum Gasteiger partial charge on any atom is -0.489 e. The minimum atomic E-state index is 0. The molecule has 3 unspecified atom stereocenters. The number of halogens is 1. The maximum Gasteiger partial charge on any atom is 0.191 e. The van der Waals surface area contributed by atoms with Crippen LogP contribution >= 0.6 is 35.7 Å². The Balaban J connectivity index is 0.00000288. The zero-order chi connectivity index (χ0) is 16.5. The summed E-state index contributed by atoms with van der Waals surface area (Å²) in [5.74, 6) is 1.80. The lowest BCUT2D eigenvalue weighted by Crippen LogP contribution is -2.43. The van der Waals surface area contributed by atoms with E-state index in [4.69, 9.17) is 4.74 Å². The molecule has 6 heteroatoms. The van der Waals surface area contributed by atoms with Crippen LogP contribution in [0.4, 0.5) is 0 Å². The normalized spacial score (nSPS) is 21.7. The first-order chi connectivity index (χ1) is 11.2. The molecule has 3 atom stereocenters. The van der Waals surface area contributed by atoms with E-state index in [1.54, 1.807) is 0 Å². The van der Waals surface area contributed by atoms with E-state index < -0.39 is 0 Å². The Morgan fingerprint density at radius 2 is 2.08 bits per heavy atom. The molecule has 0 amide bonds. The van der Waals surface area contributed by atoms with Gasteiger partial charge in [-0.25, -0.2) is 4.99 Å². The van der Waals surface area contributed by atoms with Crippen molar-refractivity contribution in [2.45, 2.75) is 50.5 Å². The lowest BCUT2D eigenvalue weighted by Gasteiger charge is -2.18. The molecule has 0 bridgehead atoms. The fraction of sp³-hybridized carbons (Fsp3) is 0.611. The van der Waals surface area contributed by atoms with Crippen LogP contribution in [0.25, 0.3) is 0 Å². The molecule has 1 aliphatic rings. The van der Waals surface area contributed by atoms with Crippen LogP contribution in [0.2, 0.25) is 0 Å². The molecular weight excluding hydrogens is 433 g/mol. The van der Waals surface area contributed by atoms with Crippen LogP contribution in [0.3, 0.4) is 0 Å². The summed E-state index contributed by atoms with van der Waals surface area (Å²) in [6.45, 7) is 5.67. The summed E-state index contributed by atoms with van der Waals surface area (Å²) in [5.41, 5.74) is 0. The number of hydrogen-bond donors (Lipinski definition) is 2. The quantitative estimate of drug-likeness (QED) is 0.366. The van der Waals surface area contributed by atoms with Gasteiger partial charge in [0, 0.05) is 17.8 Å².